The number of pyridine rings is 2. The van der Waals surface area contributed by atoms with Crippen molar-refractivity contribution in [3.8, 4) is 23.2 Å². The Balaban J connectivity index is 1.84. The van der Waals surface area contributed by atoms with E-state index in [2.05, 4.69) is 37.4 Å². The highest BCUT2D eigenvalue weighted by atomic mass is 19.3. The lowest BCUT2D eigenvalue weighted by Crippen LogP contribution is -2.36. The van der Waals surface area contributed by atoms with Crippen LogP contribution in [0.2, 0.25) is 0 Å². The van der Waals surface area contributed by atoms with Crippen LogP contribution in [0.4, 0.5) is 19.4 Å². The number of ether oxygens (including phenoxy) is 1. The van der Waals surface area contributed by atoms with Crippen LogP contribution < -0.4 is 5.32 Å². The second kappa shape index (κ2) is 10.3. The zero-order valence-electron chi connectivity index (χ0n) is 19.3. The highest BCUT2D eigenvalue weighted by Crippen LogP contribution is 2.27. The van der Waals surface area contributed by atoms with Crippen molar-refractivity contribution >= 4 is 17.9 Å². The van der Waals surface area contributed by atoms with Gasteiger partial charge < -0.3 is 9.84 Å². The maximum Gasteiger partial charge on any atom is 0.413 e. The summed E-state index contributed by atoms with van der Waals surface area (Å²) < 4.78 is 33.5. The molecule has 0 bridgehead atoms. The molecule has 3 aromatic heterocycles. The molecule has 0 aliphatic rings. The van der Waals surface area contributed by atoms with Gasteiger partial charge in [0.2, 0.25) is 0 Å². The Morgan fingerprint density at radius 2 is 2.03 bits per heavy atom. The number of aryl methyl sites for hydroxylation is 2. The fourth-order valence-electron chi connectivity index (χ4n) is 2.96. The van der Waals surface area contributed by atoms with Crippen molar-refractivity contribution in [3.63, 3.8) is 0 Å². The molecular formula is C23H22F2N6O4. The van der Waals surface area contributed by atoms with Crippen molar-refractivity contribution in [3.05, 3.63) is 53.0 Å². The number of rotatable bonds is 6. The lowest BCUT2D eigenvalue weighted by Gasteiger charge is -2.22. The average Bonchev–Trinajstić information content (AvgIpc) is 3.18. The molecule has 0 aliphatic carbocycles. The minimum atomic E-state index is -3.17. The summed E-state index contributed by atoms with van der Waals surface area (Å²) in [4.78, 5) is 32.0. The summed E-state index contributed by atoms with van der Waals surface area (Å²) in [6.07, 6.45) is -1.74. The van der Waals surface area contributed by atoms with Gasteiger partial charge >= 0.3 is 12.1 Å². The second-order valence-corrected chi connectivity index (χ2v) is 7.48. The first kappa shape index (κ1) is 25.2. The molecule has 0 unspecified atom stereocenters. The van der Waals surface area contributed by atoms with E-state index < -0.39 is 30.5 Å². The van der Waals surface area contributed by atoms with E-state index in [-0.39, 0.29) is 22.8 Å². The highest BCUT2D eigenvalue weighted by Gasteiger charge is 2.37. The molecule has 0 saturated carbocycles. The summed E-state index contributed by atoms with van der Waals surface area (Å²) in [6, 6.07) is 6.15. The molecule has 0 fully saturated rings. The predicted molar refractivity (Wildman–Crippen MR) is 121 cm³/mol. The molecule has 35 heavy (non-hydrogen) atoms. The van der Waals surface area contributed by atoms with E-state index >= 15 is 0 Å². The number of carboxylic acid groups (broad SMARTS) is 1. The van der Waals surface area contributed by atoms with Crippen LogP contribution >= 0.6 is 0 Å². The number of nitrogens with zero attached hydrogens (tertiary/aromatic N) is 5. The van der Waals surface area contributed by atoms with E-state index in [1.165, 1.54) is 37.0 Å². The van der Waals surface area contributed by atoms with Crippen LogP contribution in [0, 0.1) is 18.8 Å². The van der Waals surface area contributed by atoms with Crippen LogP contribution in [0.3, 0.4) is 0 Å². The van der Waals surface area contributed by atoms with Gasteiger partial charge in [0.15, 0.2) is 17.6 Å². The van der Waals surface area contributed by atoms with E-state index in [1.807, 2.05) is 0 Å². The van der Waals surface area contributed by atoms with Gasteiger partial charge in [0.1, 0.15) is 5.69 Å². The lowest BCUT2D eigenvalue weighted by atomic mass is 10.1. The first-order valence-corrected chi connectivity index (χ1v) is 10.5. The van der Waals surface area contributed by atoms with Crippen LogP contribution in [0.1, 0.15) is 47.6 Å². The van der Waals surface area contributed by atoms with Crippen LogP contribution in [-0.2, 0) is 11.8 Å². The van der Waals surface area contributed by atoms with Crippen molar-refractivity contribution < 1.29 is 28.2 Å². The minimum absolute atomic E-state index is 0.0181. The van der Waals surface area contributed by atoms with Crippen molar-refractivity contribution in [1.82, 2.24) is 25.0 Å². The molecule has 10 nitrogen and oxygen atoms in total. The fourth-order valence-corrected chi connectivity index (χ4v) is 2.96. The second-order valence-electron chi connectivity index (χ2n) is 7.48. The summed E-state index contributed by atoms with van der Waals surface area (Å²) in [6.45, 7) is 4.10. The molecule has 0 aromatic carbocycles. The Morgan fingerprint density at radius 1 is 1.29 bits per heavy atom. The van der Waals surface area contributed by atoms with Crippen molar-refractivity contribution in [1.29, 1.82) is 0 Å². The first-order chi connectivity index (χ1) is 16.5. The van der Waals surface area contributed by atoms with Crippen molar-refractivity contribution in [2.45, 2.75) is 39.2 Å². The zero-order valence-corrected chi connectivity index (χ0v) is 19.3. The molecule has 0 saturated heterocycles. The highest BCUT2D eigenvalue weighted by molar-refractivity contribution is 5.90. The first-order valence-electron chi connectivity index (χ1n) is 10.5. The summed E-state index contributed by atoms with van der Waals surface area (Å²) in [7, 11) is 1.51. The summed E-state index contributed by atoms with van der Waals surface area (Å²) in [5, 5.41) is 19.5. The number of nitrogens with one attached hydrogen (secondary N) is 1. The Hall–Kier alpha value is -4.40. The normalized spacial score (nSPS) is 11.8. The maximum absolute atomic E-state index is 13.7. The number of anilines is 1. The summed E-state index contributed by atoms with van der Waals surface area (Å²) >= 11 is 0. The maximum atomic E-state index is 13.7. The zero-order chi connectivity index (χ0) is 25.8. The number of amides is 1. The third kappa shape index (κ3) is 5.75. The molecule has 0 aliphatic heterocycles. The van der Waals surface area contributed by atoms with Gasteiger partial charge in [-0.2, -0.15) is 0 Å². The number of carboxylic acids is 1. The molecule has 0 radical (unpaired) electrons. The molecule has 1 atom stereocenters. The quantitative estimate of drug-likeness (QED) is 0.507. The number of halogens is 2. The fraction of sp³-hybridized carbons (Fsp3) is 0.304. The monoisotopic (exact) mass is 484 g/mol. The lowest BCUT2D eigenvalue weighted by molar-refractivity contribution is -0.102. The largest absolute Gasteiger partial charge is 0.478 e. The number of hydrogen-bond acceptors (Lipinski definition) is 7. The Bertz CT molecular complexity index is 1330. The average molecular weight is 484 g/mol. The van der Waals surface area contributed by atoms with E-state index in [0.29, 0.717) is 17.0 Å². The Labute approximate surface area is 199 Å². The van der Waals surface area contributed by atoms with Gasteiger partial charge in [0, 0.05) is 25.2 Å². The number of alkyl halides is 2. The Morgan fingerprint density at radius 3 is 2.69 bits per heavy atom. The molecule has 3 aromatic rings. The van der Waals surface area contributed by atoms with Gasteiger partial charge in [-0.05, 0) is 44.0 Å². The minimum Gasteiger partial charge on any atom is -0.478 e. The molecule has 182 valence electrons. The smallest absolute Gasteiger partial charge is 0.413 e. The standard InChI is InChI=1S/C23H22F2N6O4/c1-5-23(24,25)14(3)35-22(34)28-20-19(29-30-31(20)4)18-11-9-15(13(2)27-18)8-10-17-16(21(32)33)7-6-12-26-17/h6-7,9,11-12,14H,5H2,1-4H3,(H,28,34)(H,32,33)/t14-/m1/s1. The van der Waals surface area contributed by atoms with Gasteiger partial charge in [0.25, 0.3) is 5.92 Å². The predicted octanol–water partition coefficient (Wildman–Crippen LogP) is 3.66. The van der Waals surface area contributed by atoms with Gasteiger partial charge in [-0.25, -0.2) is 33.0 Å². The van der Waals surface area contributed by atoms with Crippen molar-refractivity contribution in [2.24, 2.45) is 7.05 Å². The summed E-state index contributed by atoms with van der Waals surface area (Å²) in [5.74, 6) is 1.40. The van der Waals surface area contributed by atoms with Gasteiger partial charge in [-0.3, -0.25) is 5.32 Å². The number of aromatic carboxylic acids is 1. The number of carbonyl (C=O) groups excluding carboxylic acids is 1. The third-order valence-electron chi connectivity index (χ3n) is 5.08. The SMILES string of the molecule is CCC(F)(F)[C@@H](C)OC(=O)Nc1c(-c2ccc(C#Cc3ncccc3C(=O)O)c(C)n2)nnn1C. The number of carbonyl (C=O) groups is 2. The molecule has 3 rings (SSSR count). The van der Waals surface area contributed by atoms with E-state index in [0.717, 1.165) is 6.92 Å². The summed E-state index contributed by atoms with van der Waals surface area (Å²) in [5.41, 5.74) is 1.65. The topological polar surface area (TPSA) is 132 Å². The Kier molecular flexibility index (Phi) is 7.39. The third-order valence-corrected chi connectivity index (χ3v) is 5.08. The van der Waals surface area contributed by atoms with Gasteiger partial charge in [-0.15, -0.1) is 5.10 Å². The van der Waals surface area contributed by atoms with E-state index in [4.69, 9.17) is 4.74 Å². The van der Waals surface area contributed by atoms with Crippen molar-refractivity contribution in [2.75, 3.05) is 5.32 Å². The van der Waals surface area contributed by atoms with Crippen LogP contribution in [0.5, 0.6) is 0 Å². The van der Waals surface area contributed by atoms with Crippen LogP contribution in [0.15, 0.2) is 30.5 Å². The number of hydrogen-bond donors (Lipinski definition) is 2. The van der Waals surface area contributed by atoms with E-state index in [9.17, 15) is 23.5 Å². The molecule has 2 N–H and O–H groups in total. The van der Waals surface area contributed by atoms with E-state index in [1.54, 1.807) is 19.1 Å². The van der Waals surface area contributed by atoms with Crippen LogP contribution in [-0.4, -0.2) is 54.2 Å². The molecule has 1 amide bonds. The molecule has 0 spiro atoms. The van der Waals surface area contributed by atoms with Gasteiger partial charge in [-0.1, -0.05) is 18.1 Å². The van der Waals surface area contributed by atoms with Gasteiger partial charge in [0.05, 0.1) is 17.0 Å². The number of aromatic nitrogens is 5. The van der Waals surface area contributed by atoms with Crippen LogP contribution in [0.25, 0.3) is 11.4 Å². The molecule has 3 heterocycles. The molecule has 12 heteroatoms. The molecular weight excluding hydrogens is 462 g/mol.